The van der Waals surface area contributed by atoms with Crippen LogP contribution in [0.15, 0.2) is 241 Å². The van der Waals surface area contributed by atoms with Gasteiger partial charge in [-0.2, -0.15) is 0 Å². The number of rotatable bonds is 7. The molecule has 2 nitrogen and oxygen atoms in total. The lowest BCUT2D eigenvalue weighted by molar-refractivity contribution is 0.670. The van der Waals surface area contributed by atoms with Gasteiger partial charge in [0.05, 0.1) is 5.41 Å². The van der Waals surface area contributed by atoms with Crippen molar-refractivity contribution in [3.05, 3.63) is 259 Å². The summed E-state index contributed by atoms with van der Waals surface area (Å²) in [4.78, 5) is 2.36. The normalized spacial score (nSPS) is 12.7. The first-order chi connectivity index (χ1) is 30.2. The van der Waals surface area contributed by atoms with E-state index in [9.17, 15) is 0 Å². The van der Waals surface area contributed by atoms with Crippen LogP contribution >= 0.6 is 0 Å². The second-order valence-electron chi connectivity index (χ2n) is 16.0. The Labute approximate surface area is 355 Å². The molecule has 1 aliphatic rings. The molecule has 0 unspecified atom stereocenters. The first-order valence-corrected chi connectivity index (χ1v) is 21.0. The number of para-hydroxylation sites is 1. The van der Waals surface area contributed by atoms with Gasteiger partial charge in [0.25, 0.3) is 0 Å². The highest BCUT2D eigenvalue weighted by Crippen LogP contribution is 2.56. The SMILES string of the molecule is c1ccc(-c2ccc(N(c3ccc(-c4cccc5c4oc4cc6ccccc6cc45)cc3)c3ccc(C4(c5ccccc5)c5ccccc5-c5ccccc54)cc3)cc2)cc1. The molecule has 0 amide bonds. The van der Waals surface area contributed by atoms with E-state index in [0.717, 1.165) is 50.1 Å². The van der Waals surface area contributed by atoms with Crippen molar-refractivity contribution < 1.29 is 4.42 Å². The zero-order valence-electron chi connectivity index (χ0n) is 33.4. The topological polar surface area (TPSA) is 16.4 Å². The van der Waals surface area contributed by atoms with Crippen LogP contribution in [-0.4, -0.2) is 0 Å². The molecule has 0 radical (unpaired) electrons. The van der Waals surface area contributed by atoms with Crippen molar-refractivity contribution in [2.75, 3.05) is 4.90 Å². The van der Waals surface area contributed by atoms with Crippen LogP contribution in [0, 0.1) is 0 Å². The van der Waals surface area contributed by atoms with Gasteiger partial charge in [-0.15, -0.1) is 0 Å². The minimum atomic E-state index is -0.457. The van der Waals surface area contributed by atoms with Crippen LogP contribution in [0.4, 0.5) is 17.1 Å². The van der Waals surface area contributed by atoms with Crippen molar-refractivity contribution in [1.29, 1.82) is 0 Å². The van der Waals surface area contributed by atoms with E-state index in [1.807, 2.05) is 0 Å². The van der Waals surface area contributed by atoms with Gasteiger partial charge in [0, 0.05) is 33.4 Å². The lowest BCUT2D eigenvalue weighted by Gasteiger charge is -2.34. The summed E-state index contributed by atoms with van der Waals surface area (Å²) in [5, 5.41) is 4.66. The quantitative estimate of drug-likeness (QED) is 0.160. The maximum Gasteiger partial charge on any atom is 0.143 e. The number of benzene rings is 10. The van der Waals surface area contributed by atoms with Crippen molar-refractivity contribution in [3.63, 3.8) is 0 Å². The molecule has 0 N–H and O–H groups in total. The molecule has 61 heavy (non-hydrogen) atoms. The predicted octanol–water partition coefficient (Wildman–Crippen LogP) is 15.9. The Hall–Kier alpha value is -7.94. The van der Waals surface area contributed by atoms with Crippen LogP contribution in [-0.2, 0) is 5.41 Å². The monoisotopic (exact) mass is 777 g/mol. The largest absolute Gasteiger partial charge is 0.455 e. The van der Waals surface area contributed by atoms with Crippen molar-refractivity contribution in [1.82, 2.24) is 0 Å². The average Bonchev–Trinajstić information content (AvgIpc) is 3.85. The molecule has 0 saturated heterocycles. The highest BCUT2D eigenvalue weighted by Gasteiger charge is 2.45. The van der Waals surface area contributed by atoms with Crippen molar-refractivity contribution in [3.8, 4) is 33.4 Å². The van der Waals surface area contributed by atoms with E-state index >= 15 is 0 Å². The Morgan fingerprint density at radius 1 is 0.328 bits per heavy atom. The summed E-state index contributed by atoms with van der Waals surface area (Å²) in [6, 6.07) is 85.9. The molecule has 10 aromatic carbocycles. The number of nitrogens with zero attached hydrogens (tertiary/aromatic N) is 1. The molecule has 0 saturated carbocycles. The van der Waals surface area contributed by atoms with E-state index in [1.165, 1.54) is 55.3 Å². The van der Waals surface area contributed by atoms with Gasteiger partial charge < -0.3 is 9.32 Å². The zero-order chi connectivity index (χ0) is 40.3. The molecule has 1 aromatic heterocycles. The van der Waals surface area contributed by atoms with Gasteiger partial charge in [0.15, 0.2) is 0 Å². The maximum atomic E-state index is 6.64. The fourth-order valence-corrected chi connectivity index (χ4v) is 9.95. The summed E-state index contributed by atoms with van der Waals surface area (Å²) in [5.74, 6) is 0. The molecule has 1 heterocycles. The third kappa shape index (κ3) is 5.57. The van der Waals surface area contributed by atoms with Gasteiger partial charge in [-0.3, -0.25) is 0 Å². The number of furan rings is 1. The number of hydrogen-bond acceptors (Lipinski definition) is 2. The molecule has 11 aromatic rings. The smallest absolute Gasteiger partial charge is 0.143 e. The van der Waals surface area contributed by atoms with E-state index in [2.05, 4.69) is 241 Å². The van der Waals surface area contributed by atoms with Crippen LogP contribution in [0.1, 0.15) is 22.3 Å². The average molecular weight is 778 g/mol. The van der Waals surface area contributed by atoms with Crippen LogP contribution in [0.2, 0.25) is 0 Å². The van der Waals surface area contributed by atoms with Crippen LogP contribution in [0.3, 0.4) is 0 Å². The molecule has 1 aliphatic carbocycles. The van der Waals surface area contributed by atoms with Crippen LogP contribution in [0.5, 0.6) is 0 Å². The molecule has 286 valence electrons. The van der Waals surface area contributed by atoms with E-state index in [1.54, 1.807) is 0 Å². The molecule has 2 heteroatoms. The molecule has 0 bridgehead atoms. The van der Waals surface area contributed by atoms with E-state index in [0.29, 0.717) is 0 Å². The minimum Gasteiger partial charge on any atom is -0.455 e. The lowest BCUT2D eigenvalue weighted by Crippen LogP contribution is -2.28. The molecule has 12 rings (SSSR count). The Kier molecular flexibility index (Phi) is 8.11. The molecular weight excluding hydrogens is 739 g/mol. The summed E-state index contributed by atoms with van der Waals surface area (Å²) in [7, 11) is 0. The summed E-state index contributed by atoms with van der Waals surface area (Å²) in [6.45, 7) is 0. The lowest BCUT2D eigenvalue weighted by atomic mass is 9.68. The summed E-state index contributed by atoms with van der Waals surface area (Å²) < 4.78 is 6.64. The molecule has 0 atom stereocenters. The van der Waals surface area contributed by atoms with Crippen molar-refractivity contribution >= 4 is 49.8 Å². The molecule has 0 spiro atoms. The third-order valence-corrected chi connectivity index (χ3v) is 12.8. The van der Waals surface area contributed by atoms with Crippen molar-refractivity contribution in [2.45, 2.75) is 5.41 Å². The molecule has 0 aliphatic heterocycles. The fourth-order valence-electron chi connectivity index (χ4n) is 9.95. The fraction of sp³-hybridized carbons (Fsp3) is 0.0169. The van der Waals surface area contributed by atoms with Gasteiger partial charge in [0.1, 0.15) is 11.2 Å². The number of fused-ring (bicyclic) bond motifs is 7. The number of hydrogen-bond donors (Lipinski definition) is 0. The van der Waals surface area contributed by atoms with E-state index in [-0.39, 0.29) is 0 Å². The second-order valence-corrected chi connectivity index (χ2v) is 16.0. The summed E-state index contributed by atoms with van der Waals surface area (Å²) in [5.41, 5.74) is 16.9. The third-order valence-electron chi connectivity index (χ3n) is 12.8. The zero-order valence-corrected chi connectivity index (χ0v) is 33.4. The highest BCUT2D eigenvalue weighted by atomic mass is 16.3. The van der Waals surface area contributed by atoms with Gasteiger partial charge in [0.2, 0.25) is 0 Å². The predicted molar refractivity (Wildman–Crippen MR) is 254 cm³/mol. The first-order valence-electron chi connectivity index (χ1n) is 21.0. The Balaban J connectivity index is 0.982. The van der Waals surface area contributed by atoms with Gasteiger partial charge in [-0.05, 0) is 109 Å². The second kappa shape index (κ2) is 14.1. The summed E-state index contributed by atoms with van der Waals surface area (Å²) in [6.07, 6.45) is 0. The Morgan fingerprint density at radius 2 is 0.803 bits per heavy atom. The van der Waals surface area contributed by atoms with Crippen LogP contribution in [0.25, 0.3) is 66.1 Å². The van der Waals surface area contributed by atoms with Gasteiger partial charge in [-0.1, -0.05) is 188 Å². The van der Waals surface area contributed by atoms with E-state index < -0.39 is 5.41 Å². The Bertz CT molecular complexity index is 3340. The minimum absolute atomic E-state index is 0.457. The molecular formula is C59H39NO. The van der Waals surface area contributed by atoms with E-state index in [4.69, 9.17) is 4.42 Å². The van der Waals surface area contributed by atoms with Crippen LogP contribution < -0.4 is 4.90 Å². The summed E-state index contributed by atoms with van der Waals surface area (Å²) >= 11 is 0. The highest BCUT2D eigenvalue weighted by molar-refractivity contribution is 6.13. The first kappa shape index (κ1) is 35.0. The van der Waals surface area contributed by atoms with Crippen molar-refractivity contribution in [2.24, 2.45) is 0 Å². The molecule has 0 fully saturated rings. The van der Waals surface area contributed by atoms with Gasteiger partial charge in [-0.25, -0.2) is 0 Å². The number of anilines is 3. The standard InChI is InChI=1S/C59H39NO/c1-3-14-40(15-4-1)41-26-32-47(33-27-41)60(48-34-28-42(29-35-48)50-22-13-23-53-54-38-43-16-7-8-17-44(43)39-57(54)61-58(50)53)49-36-30-46(31-37-49)59(45-18-5-2-6-19-45)55-24-11-9-20-51(55)52-21-10-12-25-56(52)59/h1-39H. The van der Waals surface area contributed by atoms with Gasteiger partial charge >= 0.3 is 0 Å². The maximum absolute atomic E-state index is 6.64. The Morgan fingerprint density at radius 3 is 1.44 bits per heavy atom.